The Balaban J connectivity index is 2.28. The number of carbonyl (C=O) groups excluding carboxylic acids is 2. The third-order valence-electron chi connectivity index (χ3n) is 4.62. The summed E-state index contributed by atoms with van der Waals surface area (Å²) in [5.41, 5.74) is -0.308. The summed E-state index contributed by atoms with van der Waals surface area (Å²) >= 11 is 0. The van der Waals surface area contributed by atoms with Crippen LogP contribution in [0.4, 0.5) is 8.78 Å². The molecule has 0 radical (unpaired) electrons. The Morgan fingerprint density at radius 2 is 1.89 bits per heavy atom. The summed E-state index contributed by atoms with van der Waals surface area (Å²) in [5.74, 6) is -3.56. The molecule has 28 heavy (non-hydrogen) atoms. The topological polar surface area (TPSA) is 66.8 Å². The van der Waals surface area contributed by atoms with E-state index in [1.54, 1.807) is 6.07 Å². The smallest absolute Gasteiger partial charge is 0.295 e. The van der Waals surface area contributed by atoms with Crippen molar-refractivity contribution >= 4 is 17.4 Å². The highest BCUT2D eigenvalue weighted by atomic mass is 19.1. The van der Waals surface area contributed by atoms with Gasteiger partial charge in [0.1, 0.15) is 23.1 Å². The summed E-state index contributed by atoms with van der Waals surface area (Å²) in [7, 11) is 1.33. The van der Waals surface area contributed by atoms with Gasteiger partial charge < -0.3 is 14.7 Å². The lowest BCUT2D eigenvalue weighted by molar-refractivity contribution is -0.139. The first-order valence-electron chi connectivity index (χ1n) is 8.77. The molecule has 2 aromatic carbocycles. The molecule has 3 rings (SSSR count). The van der Waals surface area contributed by atoms with Crippen LogP contribution in [-0.2, 0) is 9.59 Å². The molecule has 1 aliphatic heterocycles. The normalized spacial score (nSPS) is 18.6. The number of ketones is 1. The van der Waals surface area contributed by atoms with E-state index < -0.39 is 35.1 Å². The fourth-order valence-corrected chi connectivity index (χ4v) is 3.38. The van der Waals surface area contributed by atoms with Crippen molar-refractivity contribution < 1.29 is 28.2 Å². The molecule has 0 aromatic heterocycles. The van der Waals surface area contributed by atoms with Crippen molar-refractivity contribution in [3.8, 4) is 5.75 Å². The van der Waals surface area contributed by atoms with Crippen LogP contribution in [-0.4, -0.2) is 35.4 Å². The lowest BCUT2D eigenvalue weighted by Gasteiger charge is -2.25. The van der Waals surface area contributed by atoms with Gasteiger partial charge in [0.2, 0.25) is 0 Å². The maximum atomic E-state index is 14.5. The number of rotatable bonds is 5. The Hall–Kier alpha value is -3.22. The molecule has 0 aliphatic carbocycles. The van der Waals surface area contributed by atoms with Crippen molar-refractivity contribution in [1.29, 1.82) is 0 Å². The molecule has 1 heterocycles. The summed E-state index contributed by atoms with van der Waals surface area (Å²) in [6.45, 7) is 2.01. The van der Waals surface area contributed by atoms with Crippen molar-refractivity contribution in [2.75, 3.05) is 13.7 Å². The molecule has 7 heteroatoms. The number of nitrogens with zero attached hydrogens (tertiary/aromatic N) is 1. The molecule has 1 fully saturated rings. The molecule has 1 unspecified atom stereocenters. The fraction of sp³-hybridized carbons (Fsp3) is 0.238. The largest absolute Gasteiger partial charge is 0.507 e. The third kappa shape index (κ3) is 3.24. The van der Waals surface area contributed by atoms with Crippen LogP contribution >= 0.6 is 0 Å². The van der Waals surface area contributed by atoms with Gasteiger partial charge in [-0.05, 0) is 30.7 Å². The van der Waals surface area contributed by atoms with Crippen LogP contribution in [0.1, 0.15) is 30.5 Å². The number of benzene rings is 2. The molecule has 0 saturated carbocycles. The van der Waals surface area contributed by atoms with E-state index in [4.69, 9.17) is 4.74 Å². The molecular weight excluding hydrogens is 368 g/mol. The summed E-state index contributed by atoms with van der Waals surface area (Å²) in [5, 5.41) is 10.9. The van der Waals surface area contributed by atoms with Crippen molar-refractivity contribution in [1.82, 2.24) is 4.90 Å². The number of methoxy groups -OCH3 is 1. The van der Waals surface area contributed by atoms with E-state index in [0.717, 1.165) is 12.1 Å². The van der Waals surface area contributed by atoms with Gasteiger partial charge in [-0.3, -0.25) is 9.59 Å². The number of hydrogen-bond donors (Lipinski definition) is 1. The number of aliphatic hydroxyl groups excluding tert-OH is 1. The Morgan fingerprint density at radius 3 is 2.54 bits per heavy atom. The molecule has 0 bridgehead atoms. The summed E-state index contributed by atoms with van der Waals surface area (Å²) in [6, 6.07) is 8.04. The van der Waals surface area contributed by atoms with Crippen LogP contribution in [0.15, 0.2) is 48.0 Å². The highest BCUT2D eigenvalue weighted by molar-refractivity contribution is 6.46. The molecule has 1 atom stereocenters. The van der Waals surface area contributed by atoms with Gasteiger partial charge in [0.05, 0.1) is 24.3 Å². The van der Waals surface area contributed by atoms with Crippen LogP contribution in [0.5, 0.6) is 5.75 Å². The second-order valence-electron chi connectivity index (χ2n) is 6.36. The van der Waals surface area contributed by atoms with Crippen molar-refractivity contribution in [2.24, 2.45) is 0 Å². The monoisotopic (exact) mass is 387 g/mol. The number of hydrogen-bond acceptors (Lipinski definition) is 4. The lowest BCUT2D eigenvalue weighted by atomic mass is 9.94. The zero-order valence-corrected chi connectivity index (χ0v) is 15.4. The zero-order chi connectivity index (χ0) is 20.4. The van der Waals surface area contributed by atoms with Gasteiger partial charge in [0, 0.05) is 12.1 Å². The third-order valence-corrected chi connectivity index (χ3v) is 4.62. The zero-order valence-electron chi connectivity index (χ0n) is 15.4. The van der Waals surface area contributed by atoms with E-state index in [1.807, 2.05) is 6.92 Å². The van der Waals surface area contributed by atoms with Gasteiger partial charge in [-0.1, -0.05) is 25.1 Å². The van der Waals surface area contributed by atoms with Crippen LogP contribution in [0.3, 0.4) is 0 Å². The summed E-state index contributed by atoms with van der Waals surface area (Å²) in [4.78, 5) is 26.5. The van der Waals surface area contributed by atoms with Crippen LogP contribution < -0.4 is 4.74 Å². The Bertz CT molecular complexity index is 971. The van der Waals surface area contributed by atoms with Crippen molar-refractivity contribution in [3.63, 3.8) is 0 Å². The number of ether oxygens (including phenoxy) is 1. The first-order chi connectivity index (χ1) is 13.4. The minimum atomic E-state index is -1.12. The van der Waals surface area contributed by atoms with Gasteiger partial charge >= 0.3 is 0 Å². The second kappa shape index (κ2) is 7.80. The average Bonchev–Trinajstić information content (AvgIpc) is 2.93. The van der Waals surface area contributed by atoms with Gasteiger partial charge in [-0.2, -0.15) is 0 Å². The van der Waals surface area contributed by atoms with E-state index in [-0.39, 0.29) is 29.0 Å². The van der Waals surface area contributed by atoms with Gasteiger partial charge in [-0.15, -0.1) is 0 Å². The quantitative estimate of drug-likeness (QED) is 0.481. The highest BCUT2D eigenvalue weighted by Gasteiger charge is 2.46. The van der Waals surface area contributed by atoms with Crippen LogP contribution in [0.25, 0.3) is 5.76 Å². The van der Waals surface area contributed by atoms with Gasteiger partial charge in [0.15, 0.2) is 0 Å². The molecule has 2 aromatic rings. The van der Waals surface area contributed by atoms with Gasteiger partial charge in [-0.25, -0.2) is 8.78 Å². The predicted molar refractivity (Wildman–Crippen MR) is 98.7 cm³/mol. The van der Waals surface area contributed by atoms with E-state index in [9.17, 15) is 23.5 Å². The SMILES string of the molecule is CCCN1C(=O)C(=O)/C(=C(/O)c2cc(F)ccc2OC)C1c1ccccc1F. The van der Waals surface area contributed by atoms with Crippen LogP contribution in [0, 0.1) is 11.6 Å². The maximum Gasteiger partial charge on any atom is 0.295 e. The molecule has 0 spiro atoms. The standard InChI is InChI=1S/C21H19F2NO4/c1-3-10-24-18(13-6-4-5-7-15(13)23)17(20(26)21(24)27)19(25)14-11-12(22)8-9-16(14)28-2/h4-9,11,18,25H,3,10H2,1-2H3/b19-17+. The van der Waals surface area contributed by atoms with Crippen LogP contribution in [0.2, 0.25) is 0 Å². The second-order valence-corrected chi connectivity index (χ2v) is 6.36. The first-order valence-corrected chi connectivity index (χ1v) is 8.77. The van der Waals surface area contributed by atoms with Crippen molar-refractivity contribution in [2.45, 2.75) is 19.4 Å². The number of likely N-dealkylation sites (tertiary alicyclic amines) is 1. The highest BCUT2D eigenvalue weighted by Crippen LogP contribution is 2.41. The Labute approximate surface area is 160 Å². The molecular formula is C21H19F2NO4. The average molecular weight is 387 g/mol. The number of aliphatic hydroxyl groups is 1. The molecule has 1 aliphatic rings. The number of amides is 1. The Kier molecular flexibility index (Phi) is 5.44. The first kappa shape index (κ1) is 19.5. The molecule has 1 saturated heterocycles. The summed E-state index contributed by atoms with van der Waals surface area (Å²) in [6.07, 6.45) is 0.529. The predicted octanol–water partition coefficient (Wildman–Crippen LogP) is 3.81. The van der Waals surface area contributed by atoms with Crippen molar-refractivity contribution in [3.05, 3.63) is 70.8 Å². The van der Waals surface area contributed by atoms with E-state index in [1.165, 1.54) is 36.3 Å². The van der Waals surface area contributed by atoms with E-state index in [2.05, 4.69) is 0 Å². The molecule has 146 valence electrons. The molecule has 1 N–H and O–H groups in total. The molecule has 5 nitrogen and oxygen atoms in total. The lowest BCUT2D eigenvalue weighted by Crippen LogP contribution is -2.30. The fourth-order valence-electron chi connectivity index (χ4n) is 3.38. The minimum Gasteiger partial charge on any atom is -0.507 e. The van der Waals surface area contributed by atoms with E-state index in [0.29, 0.717) is 6.42 Å². The van der Waals surface area contributed by atoms with Gasteiger partial charge in [0.25, 0.3) is 11.7 Å². The number of Topliss-reactive ketones (excluding diaryl/α,β-unsaturated/α-hetero) is 1. The number of carbonyl (C=O) groups is 2. The molecule has 1 amide bonds. The summed E-state index contributed by atoms with van der Waals surface area (Å²) < 4.78 is 33.4. The maximum absolute atomic E-state index is 14.5. The minimum absolute atomic E-state index is 0.0760. The van der Waals surface area contributed by atoms with E-state index >= 15 is 0 Å². The number of halogens is 2. The Morgan fingerprint density at radius 1 is 1.18 bits per heavy atom.